The molecule has 0 aliphatic carbocycles. The SMILES string of the molecule is CC1=NC=C2N=NC=C21. The molecule has 0 aromatic rings. The largest absolute Gasteiger partial charge is 0.258 e. The van der Waals surface area contributed by atoms with Gasteiger partial charge in [0.15, 0.2) is 0 Å². The van der Waals surface area contributed by atoms with E-state index in [-0.39, 0.29) is 0 Å². The average Bonchev–Trinajstić information content (AvgIpc) is 2.35. The smallest absolute Gasteiger partial charge is 0.115 e. The normalized spacial score (nSPS) is 21.2. The number of azo groups is 1. The van der Waals surface area contributed by atoms with E-state index in [9.17, 15) is 0 Å². The Balaban J connectivity index is 2.53. The molecule has 0 bridgehead atoms. The molecule has 0 N–H and O–H groups in total. The second-order valence-corrected chi connectivity index (χ2v) is 1.99. The first-order valence-corrected chi connectivity index (χ1v) is 2.74. The molecule has 3 heteroatoms. The first kappa shape index (κ1) is 4.61. The molecule has 0 fully saturated rings. The summed E-state index contributed by atoms with van der Waals surface area (Å²) >= 11 is 0. The third-order valence-electron chi connectivity index (χ3n) is 1.40. The Bertz CT molecular complexity index is 268. The van der Waals surface area contributed by atoms with Crippen LogP contribution in [0.3, 0.4) is 0 Å². The number of nitrogens with zero attached hydrogens (tertiary/aromatic N) is 3. The molecule has 0 aromatic carbocycles. The molecule has 2 heterocycles. The van der Waals surface area contributed by atoms with E-state index < -0.39 is 0 Å². The van der Waals surface area contributed by atoms with Gasteiger partial charge in [-0.15, -0.1) is 5.11 Å². The van der Waals surface area contributed by atoms with Crippen molar-refractivity contribution in [2.24, 2.45) is 15.2 Å². The van der Waals surface area contributed by atoms with Crippen LogP contribution in [-0.4, -0.2) is 5.71 Å². The van der Waals surface area contributed by atoms with E-state index in [1.165, 1.54) is 0 Å². The summed E-state index contributed by atoms with van der Waals surface area (Å²) in [7, 11) is 0. The minimum Gasteiger partial charge on any atom is -0.258 e. The van der Waals surface area contributed by atoms with Gasteiger partial charge in [0.05, 0.1) is 12.4 Å². The van der Waals surface area contributed by atoms with Crippen molar-refractivity contribution in [1.82, 2.24) is 0 Å². The Morgan fingerprint density at radius 3 is 3.00 bits per heavy atom. The highest BCUT2D eigenvalue weighted by Gasteiger charge is 2.16. The maximum absolute atomic E-state index is 4.05. The van der Waals surface area contributed by atoms with Crippen molar-refractivity contribution < 1.29 is 0 Å². The Labute approximate surface area is 52.5 Å². The van der Waals surface area contributed by atoms with Crippen molar-refractivity contribution in [2.45, 2.75) is 6.92 Å². The van der Waals surface area contributed by atoms with Crippen molar-refractivity contribution in [3.05, 3.63) is 23.7 Å². The van der Waals surface area contributed by atoms with E-state index in [0.29, 0.717) is 0 Å². The van der Waals surface area contributed by atoms with E-state index in [2.05, 4.69) is 15.2 Å². The van der Waals surface area contributed by atoms with Crippen LogP contribution >= 0.6 is 0 Å². The third-order valence-corrected chi connectivity index (χ3v) is 1.40. The molecule has 0 unspecified atom stereocenters. The zero-order valence-electron chi connectivity index (χ0n) is 5.00. The predicted octanol–water partition coefficient (Wildman–Crippen LogP) is 1.65. The van der Waals surface area contributed by atoms with Crippen LogP contribution in [0.1, 0.15) is 6.92 Å². The van der Waals surface area contributed by atoms with Crippen LogP contribution in [0.15, 0.2) is 38.9 Å². The quantitative estimate of drug-likeness (QED) is 0.465. The molecule has 0 atom stereocenters. The molecule has 0 amide bonds. The van der Waals surface area contributed by atoms with Gasteiger partial charge in [-0.05, 0) is 6.92 Å². The Kier molecular flexibility index (Phi) is 0.704. The van der Waals surface area contributed by atoms with E-state index in [1.807, 2.05) is 6.92 Å². The summed E-state index contributed by atoms with van der Waals surface area (Å²) in [6.45, 7) is 1.95. The minimum absolute atomic E-state index is 0.896. The number of hydrogen-bond donors (Lipinski definition) is 0. The molecule has 0 spiro atoms. The van der Waals surface area contributed by atoms with Gasteiger partial charge in [0.2, 0.25) is 0 Å². The zero-order chi connectivity index (χ0) is 6.27. The molecule has 3 nitrogen and oxygen atoms in total. The van der Waals surface area contributed by atoms with Gasteiger partial charge >= 0.3 is 0 Å². The Hall–Kier alpha value is -1.25. The van der Waals surface area contributed by atoms with Gasteiger partial charge in [-0.25, -0.2) is 0 Å². The fourth-order valence-electron chi connectivity index (χ4n) is 0.870. The van der Waals surface area contributed by atoms with Crippen LogP contribution in [-0.2, 0) is 0 Å². The summed E-state index contributed by atoms with van der Waals surface area (Å²) in [5.74, 6) is 0. The zero-order valence-corrected chi connectivity index (χ0v) is 5.00. The summed E-state index contributed by atoms with van der Waals surface area (Å²) in [6.07, 6.45) is 3.47. The number of allylic oxidation sites excluding steroid dienone is 1. The number of rotatable bonds is 0. The first-order chi connectivity index (χ1) is 4.38. The highest BCUT2D eigenvalue weighted by Crippen LogP contribution is 2.24. The molecule has 9 heavy (non-hydrogen) atoms. The Morgan fingerprint density at radius 2 is 2.22 bits per heavy atom. The van der Waals surface area contributed by atoms with E-state index in [4.69, 9.17) is 0 Å². The summed E-state index contributed by atoms with van der Waals surface area (Å²) in [4.78, 5) is 4.05. The third kappa shape index (κ3) is 0.483. The minimum atomic E-state index is 0.896. The van der Waals surface area contributed by atoms with Crippen LogP contribution in [0.25, 0.3) is 0 Å². The van der Waals surface area contributed by atoms with Gasteiger partial charge in [-0.1, -0.05) is 0 Å². The van der Waals surface area contributed by atoms with Crippen LogP contribution in [0, 0.1) is 0 Å². The average molecular weight is 119 g/mol. The Morgan fingerprint density at radius 1 is 1.33 bits per heavy atom. The molecular weight excluding hydrogens is 114 g/mol. The van der Waals surface area contributed by atoms with Gasteiger partial charge in [0.1, 0.15) is 5.70 Å². The van der Waals surface area contributed by atoms with Crippen molar-refractivity contribution in [1.29, 1.82) is 0 Å². The van der Waals surface area contributed by atoms with E-state index >= 15 is 0 Å². The molecule has 44 valence electrons. The number of hydrogen-bond acceptors (Lipinski definition) is 3. The molecule has 0 saturated heterocycles. The summed E-state index contributed by atoms with van der Waals surface area (Å²) in [5.41, 5.74) is 2.97. The molecule has 2 aliphatic rings. The lowest BCUT2D eigenvalue weighted by Crippen LogP contribution is -1.89. The summed E-state index contributed by atoms with van der Waals surface area (Å²) in [6, 6.07) is 0. The topological polar surface area (TPSA) is 37.1 Å². The summed E-state index contributed by atoms with van der Waals surface area (Å²) in [5, 5.41) is 7.56. The van der Waals surface area contributed by atoms with Crippen molar-refractivity contribution in [2.75, 3.05) is 0 Å². The predicted molar refractivity (Wildman–Crippen MR) is 34.1 cm³/mol. The lowest BCUT2D eigenvalue weighted by Gasteiger charge is -1.87. The van der Waals surface area contributed by atoms with Gasteiger partial charge in [-0.3, -0.25) is 4.99 Å². The number of fused-ring (bicyclic) bond motifs is 1. The molecule has 0 saturated carbocycles. The van der Waals surface area contributed by atoms with Crippen LogP contribution in [0.2, 0.25) is 0 Å². The fraction of sp³-hybridized carbons (Fsp3) is 0.167. The van der Waals surface area contributed by atoms with Gasteiger partial charge in [-0.2, -0.15) is 5.11 Å². The molecule has 2 aliphatic heterocycles. The summed E-state index contributed by atoms with van der Waals surface area (Å²) < 4.78 is 0. The van der Waals surface area contributed by atoms with Crippen LogP contribution < -0.4 is 0 Å². The van der Waals surface area contributed by atoms with Gasteiger partial charge in [0.25, 0.3) is 0 Å². The first-order valence-electron chi connectivity index (χ1n) is 2.74. The van der Waals surface area contributed by atoms with E-state index in [1.54, 1.807) is 12.4 Å². The highest BCUT2D eigenvalue weighted by atomic mass is 15.1. The van der Waals surface area contributed by atoms with Crippen LogP contribution in [0.4, 0.5) is 0 Å². The molecule has 0 radical (unpaired) electrons. The lowest BCUT2D eigenvalue weighted by molar-refractivity contribution is 1.23. The van der Waals surface area contributed by atoms with Crippen molar-refractivity contribution >= 4 is 5.71 Å². The van der Waals surface area contributed by atoms with E-state index in [0.717, 1.165) is 17.0 Å². The second kappa shape index (κ2) is 1.37. The maximum atomic E-state index is 4.05. The van der Waals surface area contributed by atoms with Gasteiger partial charge in [0, 0.05) is 11.3 Å². The standard InChI is InChI=1S/C6H5N3/c1-4-5-2-8-9-6(5)3-7-4/h2-3H,1H3. The molecule has 2 rings (SSSR count). The van der Waals surface area contributed by atoms with Crippen molar-refractivity contribution in [3.63, 3.8) is 0 Å². The lowest BCUT2D eigenvalue weighted by atomic mass is 10.2. The van der Waals surface area contributed by atoms with Gasteiger partial charge < -0.3 is 0 Å². The fourth-order valence-corrected chi connectivity index (χ4v) is 0.870. The monoisotopic (exact) mass is 119 g/mol. The van der Waals surface area contributed by atoms with Crippen LogP contribution in [0.5, 0.6) is 0 Å². The molecular formula is C6H5N3. The highest BCUT2D eigenvalue weighted by molar-refractivity contribution is 6.04. The maximum Gasteiger partial charge on any atom is 0.115 e. The number of aliphatic imine (C=N–C) groups is 1. The molecule has 0 aromatic heterocycles. The van der Waals surface area contributed by atoms with Crippen molar-refractivity contribution in [3.8, 4) is 0 Å². The second-order valence-electron chi connectivity index (χ2n) is 1.99.